The minimum Gasteiger partial charge on any atom is -0.478 e. The summed E-state index contributed by atoms with van der Waals surface area (Å²) in [5.41, 5.74) is 5.81. The van der Waals surface area contributed by atoms with Crippen molar-refractivity contribution in [2.24, 2.45) is 0 Å². The highest BCUT2D eigenvalue weighted by molar-refractivity contribution is 5.85. The van der Waals surface area contributed by atoms with E-state index in [1.807, 2.05) is 44.5 Å². The van der Waals surface area contributed by atoms with Gasteiger partial charge in [0.15, 0.2) is 5.65 Å². The van der Waals surface area contributed by atoms with Crippen molar-refractivity contribution >= 4 is 17.0 Å². The van der Waals surface area contributed by atoms with Crippen LogP contribution in [0.15, 0.2) is 24.3 Å². The van der Waals surface area contributed by atoms with Gasteiger partial charge < -0.3 is 9.47 Å². The van der Waals surface area contributed by atoms with Crippen molar-refractivity contribution in [3.63, 3.8) is 0 Å². The molecule has 6 nitrogen and oxygen atoms in total. The van der Waals surface area contributed by atoms with Crippen LogP contribution >= 0.6 is 0 Å². The van der Waals surface area contributed by atoms with Crippen LogP contribution in [0.2, 0.25) is 0 Å². The summed E-state index contributed by atoms with van der Waals surface area (Å²) < 4.78 is 12.8. The minimum atomic E-state index is -0.212. The normalized spacial score (nSPS) is 11.0. The zero-order valence-electron chi connectivity index (χ0n) is 17.2. The molecule has 2 aromatic heterocycles. The average Bonchev–Trinajstić information content (AvgIpc) is 2.99. The smallest absolute Gasteiger partial charge is 0.306 e. The van der Waals surface area contributed by atoms with Gasteiger partial charge in [-0.1, -0.05) is 17.7 Å². The van der Waals surface area contributed by atoms with E-state index in [0.29, 0.717) is 31.9 Å². The van der Waals surface area contributed by atoms with Crippen molar-refractivity contribution in [2.75, 3.05) is 13.2 Å². The Morgan fingerprint density at radius 1 is 1.07 bits per heavy atom. The lowest BCUT2D eigenvalue weighted by atomic mass is 10.0. The van der Waals surface area contributed by atoms with Gasteiger partial charge in [-0.15, -0.1) is 0 Å². The number of pyridine rings is 1. The number of nitrogens with zero attached hydrogens (tertiary/aromatic N) is 3. The second-order valence-corrected chi connectivity index (χ2v) is 6.79. The molecule has 1 aromatic carbocycles. The molecule has 0 bridgehead atoms. The summed E-state index contributed by atoms with van der Waals surface area (Å²) in [6.07, 6.45) is 0.825. The van der Waals surface area contributed by atoms with E-state index < -0.39 is 0 Å². The van der Waals surface area contributed by atoms with E-state index in [2.05, 4.69) is 19.1 Å². The van der Waals surface area contributed by atoms with Gasteiger partial charge in [0, 0.05) is 17.4 Å². The van der Waals surface area contributed by atoms with E-state index in [1.165, 1.54) is 5.56 Å². The quantitative estimate of drug-likeness (QED) is 0.573. The average molecular weight is 381 g/mol. The zero-order chi connectivity index (χ0) is 20.3. The highest BCUT2D eigenvalue weighted by atomic mass is 16.5. The Labute approximate surface area is 165 Å². The first-order valence-corrected chi connectivity index (χ1v) is 9.70. The van der Waals surface area contributed by atoms with Crippen molar-refractivity contribution in [3.8, 4) is 11.6 Å². The number of hydrogen-bond donors (Lipinski definition) is 0. The van der Waals surface area contributed by atoms with Crippen LogP contribution in [0.25, 0.3) is 16.7 Å². The lowest BCUT2D eigenvalue weighted by Crippen LogP contribution is -2.09. The summed E-state index contributed by atoms with van der Waals surface area (Å²) in [5, 5.41) is 5.73. The third-order valence-electron chi connectivity index (χ3n) is 4.77. The van der Waals surface area contributed by atoms with Crippen molar-refractivity contribution in [2.45, 2.75) is 47.5 Å². The van der Waals surface area contributed by atoms with Crippen molar-refractivity contribution in [3.05, 3.63) is 46.6 Å². The maximum atomic E-state index is 11.8. The molecule has 0 aliphatic rings. The Kier molecular flexibility index (Phi) is 5.97. The molecule has 0 radical (unpaired) electrons. The fraction of sp³-hybridized carbons (Fsp3) is 0.409. The first-order chi connectivity index (χ1) is 13.5. The largest absolute Gasteiger partial charge is 0.478 e. The molecule has 0 unspecified atom stereocenters. The van der Waals surface area contributed by atoms with Gasteiger partial charge >= 0.3 is 5.97 Å². The molecule has 0 fully saturated rings. The molecule has 0 atom stereocenters. The second-order valence-electron chi connectivity index (χ2n) is 6.79. The number of carbonyl (C=O) groups is 1. The van der Waals surface area contributed by atoms with Gasteiger partial charge in [0.25, 0.3) is 0 Å². The predicted molar refractivity (Wildman–Crippen MR) is 109 cm³/mol. The molecule has 0 saturated heterocycles. The fourth-order valence-electron chi connectivity index (χ4n) is 3.41. The third-order valence-corrected chi connectivity index (χ3v) is 4.77. The summed E-state index contributed by atoms with van der Waals surface area (Å²) in [5.74, 6) is 0.349. The standard InChI is InChI=1S/C22H27N3O3/c1-6-27-19(26)13-12-18-15(4)20-16(5)24-25(17-10-8-14(3)9-11-17)21(20)23-22(18)28-7-2/h8-11H,6-7,12-13H2,1-5H3. The molecular formula is C22H27N3O3. The van der Waals surface area contributed by atoms with E-state index in [0.717, 1.165) is 33.5 Å². The van der Waals surface area contributed by atoms with E-state index in [-0.39, 0.29) is 5.97 Å². The van der Waals surface area contributed by atoms with Crippen molar-refractivity contribution < 1.29 is 14.3 Å². The minimum absolute atomic E-state index is 0.212. The van der Waals surface area contributed by atoms with Gasteiger partial charge in [-0.05, 0) is 58.7 Å². The molecule has 0 aliphatic heterocycles. The fourth-order valence-corrected chi connectivity index (χ4v) is 3.41. The van der Waals surface area contributed by atoms with E-state index in [1.54, 1.807) is 0 Å². The maximum absolute atomic E-state index is 11.8. The lowest BCUT2D eigenvalue weighted by molar-refractivity contribution is -0.143. The van der Waals surface area contributed by atoms with Crippen LogP contribution in [0.3, 0.4) is 0 Å². The molecule has 148 valence electrons. The molecule has 6 heteroatoms. The SMILES string of the molecule is CCOC(=O)CCc1c(OCC)nc2c(c(C)nn2-c2ccc(C)cc2)c1C. The number of esters is 1. The number of aryl methyl sites for hydroxylation is 3. The van der Waals surface area contributed by atoms with E-state index >= 15 is 0 Å². The Bertz CT molecular complexity index is 991. The second kappa shape index (κ2) is 8.42. The summed E-state index contributed by atoms with van der Waals surface area (Å²) in [7, 11) is 0. The van der Waals surface area contributed by atoms with Crippen LogP contribution in [0.4, 0.5) is 0 Å². The van der Waals surface area contributed by atoms with Crippen LogP contribution in [-0.2, 0) is 16.0 Å². The molecule has 0 spiro atoms. The molecule has 0 N–H and O–H groups in total. The van der Waals surface area contributed by atoms with Gasteiger partial charge in [0.2, 0.25) is 5.88 Å². The number of rotatable bonds is 7. The number of ether oxygens (including phenoxy) is 2. The van der Waals surface area contributed by atoms with Crippen LogP contribution in [-0.4, -0.2) is 33.9 Å². The van der Waals surface area contributed by atoms with Gasteiger partial charge in [-0.2, -0.15) is 10.1 Å². The number of benzene rings is 1. The molecule has 3 aromatic rings. The molecule has 3 rings (SSSR count). The zero-order valence-corrected chi connectivity index (χ0v) is 17.2. The summed E-state index contributed by atoms with van der Waals surface area (Å²) in [6.45, 7) is 10.7. The Hall–Kier alpha value is -2.89. The van der Waals surface area contributed by atoms with Crippen molar-refractivity contribution in [1.29, 1.82) is 0 Å². The van der Waals surface area contributed by atoms with Gasteiger partial charge in [-0.3, -0.25) is 4.79 Å². The number of carbonyl (C=O) groups excluding carboxylic acids is 1. The number of aromatic nitrogens is 3. The highest BCUT2D eigenvalue weighted by Crippen LogP contribution is 2.32. The Morgan fingerprint density at radius 2 is 1.79 bits per heavy atom. The van der Waals surface area contributed by atoms with Crippen LogP contribution in [0.1, 0.15) is 42.7 Å². The van der Waals surface area contributed by atoms with E-state index in [9.17, 15) is 4.79 Å². The van der Waals surface area contributed by atoms with Gasteiger partial charge in [0.05, 0.1) is 24.6 Å². The Balaban J connectivity index is 2.11. The maximum Gasteiger partial charge on any atom is 0.306 e. The molecule has 28 heavy (non-hydrogen) atoms. The Morgan fingerprint density at radius 3 is 2.43 bits per heavy atom. The first-order valence-electron chi connectivity index (χ1n) is 9.70. The van der Waals surface area contributed by atoms with Crippen LogP contribution in [0.5, 0.6) is 5.88 Å². The van der Waals surface area contributed by atoms with Gasteiger partial charge in [-0.25, -0.2) is 4.68 Å². The topological polar surface area (TPSA) is 66.2 Å². The lowest BCUT2D eigenvalue weighted by Gasteiger charge is -2.14. The monoisotopic (exact) mass is 381 g/mol. The number of fused-ring (bicyclic) bond motifs is 1. The molecule has 0 saturated carbocycles. The number of hydrogen-bond acceptors (Lipinski definition) is 5. The summed E-state index contributed by atoms with van der Waals surface area (Å²) in [6, 6.07) is 8.19. The predicted octanol–water partition coefficient (Wildman–Crippen LogP) is 4.24. The summed E-state index contributed by atoms with van der Waals surface area (Å²) in [4.78, 5) is 16.6. The first kappa shape index (κ1) is 19.9. The third kappa shape index (κ3) is 3.86. The van der Waals surface area contributed by atoms with Gasteiger partial charge in [0.1, 0.15) is 0 Å². The van der Waals surface area contributed by atoms with Crippen LogP contribution < -0.4 is 4.74 Å². The van der Waals surface area contributed by atoms with E-state index in [4.69, 9.17) is 19.6 Å². The highest BCUT2D eigenvalue weighted by Gasteiger charge is 2.20. The molecule has 0 aliphatic carbocycles. The molecule has 0 amide bonds. The van der Waals surface area contributed by atoms with Crippen LogP contribution in [0, 0.1) is 20.8 Å². The summed E-state index contributed by atoms with van der Waals surface area (Å²) >= 11 is 0. The molecular weight excluding hydrogens is 354 g/mol. The van der Waals surface area contributed by atoms with Crippen molar-refractivity contribution in [1.82, 2.24) is 14.8 Å². The molecule has 2 heterocycles.